The maximum absolute atomic E-state index is 2.48. The molecule has 1 fully saturated rings. The van der Waals surface area contributed by atoms with E-state index in [9.17, 15) is 0 Å². The van der Waals surface area contributed by atoms with Crippen LogP contribution in [-0.4, -0.2) is 0 Å². The van der Waals surface area contributed by atoms with Gasteiger partial charge in [0.1, 0.15) is 0 Å². The van der Waals surface area contributed by atoms with Crippen molar-refractivity contribution in [1.29, 1.82) is 0 Å². The number of hydrogen-bond donors (Lipinski definition) is 0. The highest BCUT2D eigenvalue weighted by atomic mass is 14.4. The minimum absolute atomic E-state index is 0.974. The Bertz CT molecular complexity index is 150. The largest absolute Gasteiger partial charge is 0.0654 e. The molecule has 0 aliphatic heterocycles. The predicted molar refractivity (Wildman–Crippen MR) is 64.4 cm³/mol. The zero-order chi connectivity index (χ0) is 10.6. The summed E-state index contributed by atoms with van der Waals surface area (Å²) in [4.78, 5) is 0. The molecule has 0 aromatic rings. The summed E-state index contributed by atoms with van der Waals surface area (Å²) in [6.07, 6.45) is 8.69. The molecule has 1 aliphatic rings. The first-order valence-electron chi connectivity index (χ1n) is 6.65. The summed E-state index contributed by atoms with van der Waals surface area (Å²) in [7, 11) is 0. The van der Waals surface area contributed by atoms with E-state index in [1.807, 2.05) is 0 Å². The highest BCUT2D eigenvalue weighted by Gasteiger charge is 2.31. The first-order chi connectivity index (χ1) is 6.65. The maximum atomic E-state index is 2.48. The molecule has 0 saturated heterocycles. The first-order valence-corrected chi connectivity index (χ1v) is 6.65. The summed E-state index contributed by atoms with van der Waals surface area (Å²) in [6, 6.07) is 0. The van der Waals surface area contributed by atoms with Crippen molar-refractivity contribution in [3.63, 3.8) is 0 Å². The lowest BCUT2D eigenvalue weighted by Gasteiger charge is -2.23. The minimum atomic E-state index is 0.974. The van der Waals surface area contributed by atoms with Crippen LogP contribution in [0.4, 0.5) is 0 Å². The van der Waals surface area contributed by atoms with Gasteiger partial charge >= 0.3 is 0 Å². The highest BCUT2D eigenvalue weighted by Crippen LogP contribution is 2.41. The molecular weight excluding hydrogens is 168 g/mol. The van der Waals surface area contributed by atoms with Crippen LogP contribution in [0.15, 0.2) is 0 Å². The van der Waals surface area contributed by atoms with Gasteiger partial charge in [0.15, 0.2) is 0 Å². The van der Waals surface area contributed by atoms with Gasteiger partial charge in [-0.15, -0.1) is 0 Å². The fourth-order valence-corrected chi connectivity index (χ4v) is 3.33. The third kappa shape index (κ3) is 3.29. The number of unbranched alkanes of at least 4 members (excludes halogenated alkanes) is 2. The second-order valence-corrected chi connectivity index (χ2v) is 5.69. The van der Waals surface area contributed by atoms with Crippen LogP contribution in [0, 0.1) is 23.7 Å². The molecule has 1 saturated carbocycles. The van der Waals surface area contributed by atoms with Gasteiger partial charge in [0.05, 0.1) is 0 Å². The third-order valence-corrected chi connectivity index (χ3v) is 4.17. The Labute approximate surface area is 90.5 Å². The molecule has 84 valence electrons. The molecule has 4 atom stereocenters. The predicted octanol–water partition coefficient (Wildman–Crippen LogP) is 4.89. The molecule has 0 heteroatoms. The molecule has 14 heavy (non-hydrogen) atoms. The van der Waals surface area contributed by atoms with Crippen LogP contribution < -0.4 is 0 Å². The minimum Gasteiger partial charge on any atom is -0.0654 e. The first kappa shape index (κ1) is 12.1. The van der Waals surface area contributed by atoms with Gasteiger partial charge in [-0.1, -0.05) is 53.4 Å². The molecule has 0 bridgehead atoms. The van der Waals surface area contributed by atoms with Gasteiger partial charge in [-0.05, 0) is 36.5 Å². The average Bonchev–Trinajstić information content (AvgIpc) is 2.45. The van der Waals surface area contributed by atoms with Crippen molar-refractivity contribution in [2.75, 3.05) is 0 Å². The lowest BCUT2D eigenvalue weighted by molar-refractivity contribution is 0.272. The zero-order valence-electron chi connectivity index (χ0n) is 10.6. The Morgan fingerprint density at radius 3 is 2.36 bits per heavy atom. The molecular formula is C14H28. The van der Waals surface area contributed by atoms with Crippen LogP contribution in [0.1, 0.15) is 66.2 Å². The van der Waals surface area contributed by atoms with Crippen LogP contribution in [0.2, 0.25) is 0 Å². The molecule has 0 radical (unpaired) electrons. The molecule has 0 heterocycles. The highest BCUT2D eigenvalue weighted by molar-refractivity contribution is 4.82. The summed E-state index contributed by atoms with van der Waals surface area (Å²) >= 11 is 0. The van der Waals surface area contributed by atoms with Crippen LogP contribution >= 0.6 is 0 Å². The van der Waals surface area contributed by atoms with Crippen molar-refractivity contribution in [2.45, 2.75) is 66.2 Å². The van der Waals surface area contributed by atoms with E-state index in [0.717, 1.165) is 23.7 Å². The normalized spacial score (nSPS) is 34.7. The summed E-state index contributed by atoms with van der Waals surface area (Å²) in [5.41, 5.74) is 0. The lowest BCUT2D eigenvalue weighted by Crippen LogP contribution is -2.14. The molecule has 0 aromatic heterocycles. The van der Waals surface area contributed by atoms with Gasteiger partial charge in [0.2, 0.25) is 0 Å². The van der Waals surface area contributed by atoms with Crippen molar-refractivity contribution >= 4 is 0 Å². The van der Waals surface area contributed by atoms with Crippen LogP contribution in [-0.2, 0) is 0 Å². The summed E-state index contributed by atoms with van der Waals surface area (Å²) in [6.45, 7) is 9.67. The van der Waals surface area contributed by atoms with Crippen LogP contribution in [0.25, 0.3) is 0 Å². The Balaban J connectivity index is 2.26. The second-order valence-electron chi connectivity index (χ2n) is 5.69. The molecule has 0 spiro atoms. The van der Waals surface area contributed by atoms with Crippen molar-refractivity contribution < 1.29 is 0 Å². The zero-order valence-corrected chi connectivity index (χ0v) is 10.6. The molecule has 4 unspecified atom stereocenters. The molecule has 0 nitrogen and oxygen atoms in total. The standard InChI is InChI=1S/C14H28/c1-5-6-7-8-12(3)14-10-11(2)9-13(14)4/h11-14H,5-10H2,1-4H3. The fraction of sp³-hybridized carbons (Fsp3) is 1.00. The van der Waals surface area contributed by atoms with E-state index >= 15 is 0 Å². The number of rotatable bonds is 5. The monoisotopic (exact) mass is 196 g/mol. The summed E-state index contributed by atoms with van der Waals surface area (Å²) in [5, 5.41) is 0. The topological polar surface area (TPSA) is 0 Å². The molecule has 0 aromatic carbocycles. The van der Waals surface area contributed by atoms with Crippen molar-refractivity contribution in [3.05, 3.63) is 0 Å². The van der Waals surface area contributed by atoms with E-state index in [1.165, 1.54) is 38.5 Å². The van der Waals surface area contributed by atoms with E-state index < -0.39 is 0 Å². The van der Waals surface area contributed by atoms with Gasteiger partial charge in [-0.3, -0.25) is 0 Å². The van der Waals surface area contributed by atoms with Crippen molar-refractivity contribution in [3.8, 4) is 0 Å². The average molecular weight is 196 g/mol. The van der Waals surface area contributed by atoms with Gasteiger partial charge in [0.25, 0.3) is 0 Å². The second kappa shape index (κ2) is 5.78. The Kier molecular flexibility index (Phi) is 4.98. The molecule has 1 aliphatic carbocycles. The van der Waals surface area contributed by atoms with Gasteiger partial charge < -0.3 is 0 Å². The Morgan fingerprint density at radius 2 is 1.86 bits per heavy atom. The van der Waals surface area contributed by atoms with E-state index in [0.29, 0.717) is 0 Å². The third-order valence-electron chi connectivity index (χ3n) is 4.17. The summed E-state index contributed by atoms with van der Waals surface area (Å²) < 4.78 is 0. The lowest BCUT2D eigenvalue weighted by atomic mass is 9.83. The number of hydrogen-bond acceptors (Lipinski definition) is 0. The van der Waals surface area contributed by atoms with Crippen molar-refractivity contribution in [1.82, 2.24) is 0 Å². The van der Waals surface area contributed by atoms with E-state index in [2.05, 4.69) is 27.7 Å². The Morgan fingerprint density at radius 1 is 1.14 bits per heavy atom. The Hall–Kier alpha value is 0. The van der Waals surface area contributed by atoms with Crippen LogP contribution in [0.3, 0.4) is 0 Å². The van der Waals surface area contributed by atoms with Gasteiger partial charge in [-0.25, -0.2) is 0 Å². The van der Waals surface area contributed by atoms with E-state index in [4.69, 9.17) is 0 Å². The quantitative estimate of drug-likeness (QED) is 0.549. The van der Waals surface area contributed by atoms with Crippen LogP contribution in [0.5, 0.6) is 0 Å². The molecule has 0 amide bonds. The fourth-order valence-electron chi connectivity index (χ4n) is 3.33. The maximum Gasteiger partial charge on any atom is -0.0360 e. The molecule has 0 N–H and O–H groups in total. The van der Waals surface area contributed by atoms with E-state index in [1.54, 1.807) is 0 Å². The van der Waals surface area contributed by atoms with Crippen molar-refractivity contribution in [2.24, 2.45) is 23.7 Å². The van der Waals surface area contributed by atoms with Gasteiger partial charge in [0, 0.05) is 0 Å². The van der Waals surface area contributed by atoms with E-state index in [-0.39, 0.29) is 0 Å². The summed E-state index contributed by atoms with van der Waals surface area (Å²) in [5.74, 6) is 3.98. The SMILES string of the molecule is CCCCCC(C)C1CC(C)CC1C. The van der Waals surface area contributed by atoms with Gasteiger partial charge in [-0.2, -0.15) is 0 Å². The smallest absolute Gasteiger partial charge is 0.0360 e. The molecule has 1 rings (SSSR count).